The fraction of sp³-hybridized carbons (Fsp3) is 0.350. The first-order chi connectivity index (χ1) is 11.3. The van der Waals surface area contributed by atoms with Crippen molar-refractivity contribution in [3.05, 3.63) is 70.8 Å². The van der Waals surface area contributed by atoms with Gasteiger partial charge in [-0.3, -0.25) is 4.90 Å². The van der Waals surface area contributed by atoms with Crippen LogP contribution in [0.4, 0.5) is 0 Å². The highest BCUT2D eigenvalue weighted by Crippen LogP contribution is 2.13. The van der Waals surface area contributed by atoms with E-state index < -0.39 is 0 Å². The third kappa shape index (κ3) is 4.66. The first-order valence-electron chi connectivity index (χ1n) is 8.33. The Morgan fingerprint density at radius 1 is 0.913 bits per heavy atom. The van der Waals surface area contributed by atoms with Gasteiger partial charge in [0.2, 0.25) is 0 Å². The summed E-state index contributed by atoms with van der Waals surface area (Å²) < 4.78 is 0. The minimum absolute atomic E-state index is 0.718. The minimum Gasteiger partial charge on any atom is -0.309 e. The molecule has 3 nitrogen and oxygen atoms in total. The lowest BCUT2D eigenvalue weighted by Crippen LogP contribution is -2.18. The number of likely N-dealkylation sites (tertiary alicyclic amines) is 1. The third-order valence-corrected chi connectivity index (χ3v) is 4.34. The van der Waals surface area contributed by atoms with Crippen molar-refractivity contribution >= 4 is 0 Å². The zero-order chi connectivity index (χ0) is 15.9. The Labute approximate surface area is 138 Å². The Morgan fingerprint density at radius 3 is 2.35 bits per heavy atom. The maximum atomic E-state index is 8.92. The zero-order valence-electron chi connectivity index (χ0n) is 13.5. The second kappa shape index (κ2) is 7.92. The van der Waals surface area contributed by atoms with Gasteiger partial charge in [0.1, 0.15) is 0 Å². The molecule has 0 radical (unpaired) electrons. The Morgan fingerprint density at radius 2 is 1.61 bits per heavy atom. The molecule has 2 aromatic carbocycles. The van der Waals surface area contributed by atoms with Gasteiger partial charge >= 0.3 is 0 Å². The van der Waals surface area contributed by atoms with E-state index in [0.29, 0.717) is 0 Å². The van der Waals surface area contributed by atoms with Crippen LogP contribution in [-0.4, -0.2) is 18.0 Å². The zero-order valence-corrected chi connectivity index (χ0v) is 13.5. The van der Waals surface area contributed by atoms with Gasteiger partial charge in [0.25, 0.3) is 0 Å². The molecule has 1 saturated heterocycles. The maximum absolute atomic E-state index is 8.92. The van der Waals surface area contributed by atoms with Crippen LogP contribution in [0.15, 0.2) is 48.5 Å². The summed E-state index contributed by atoms with van der Waals surface area (Å²) in [5.41, 5.74) is 4.56. The summed E-state index contributed by atoms with van der Waals surface area (Å²) in [5, 5.41) is 12.4. The molecule has 2 aromatic rings. The average molecular weight is 305 g/mol. The van der Waals surface area contributed by atoms with E-state index in [0.717, 1.165) is 30.8 Å². The Hall–Kier alpha value is -2.15. The second-order valence-corrected chi connectivity index (χ2v) is 6.22. The van der Waals surface area contributed by atoms with Gasteiger partial charge in [0, 0.05) is 19.6 Å². The molecule has 0 amide bonds. The molecule has 0 atom stereocenters. The Kier molecular flexibility index (Phi) is 5.42. The molecule has 118 valence electrons. The predicted molar refractivity (Wildman–Crippen MR) is 92.7 cm³/mol. The highest BCUT2D eigenvalue weighted by atomic mass is 15.1. The van der Waals surface area contributed by atoms with E-state index in [1.165, 1.54) is 37.1 Å². The molecule has 0 unspecified atom stereocenters. The largest absolute Gasteiger partial charge is 0.309 e. The Bertz CT molecular complexity index is 664. The number of hydrogen-bond acceptors (Lipinski definition) is 3. The van der Waals surface area contributed by atoms with Gasteiger partial charge in [-0.25, -0.2) is 0 Å². The molecule has 0 saturated carbocycles. The molecule has 1 aliphatic rings. The van der Waals surface area contributed by atoms with Crippen molar-refractivity contribution in [2.45, 2.75) is 32.5 Å². The van der Waals surface area contributed by atoms with E-state index in [2.05, 4.69) is 40.6 Å². The first-order valence-corrected chi connectivity index (χ1v) is 8.33. The smallest absolute Gasteiger partial charge is 0.0991 e. The van der Waals surface area contributed by atoms with Crippen LogP contribution in [-0.2, 0) is 19.6 Å². The summed E-state index contributed by atoms with van der Waals surface area (Å²) in [4.78, 5) is 2.52. The molecule has 0 aromatic heterocycles. The van der Waals surface area contributed by atoms with Crippen LogP contribution >= 0.6 is 0 Å². The molecular formula is C20H23N3. The van der Waals surface area contributed by atoms with Crippen molar-refractivity contribution in [3.63, 3.8) is 0 Å². The van der Waals surface area contributed by atoms with Crippen molar-refractivity contribution in [2.75, 3.05) is 13.1 Å². The fourth-order valence-corrected chi connectivity index (χ4v) is 3.06. The van der Waals surface area contributed by atoms with Crippen molar-refractivity contribution in [3.8, 4) is 6.07 Å². The van der Waals surface area contributed by atoms with Gasteiger partial charge in [0.15, 0.2) is 0 Å². The van der Waals surface area contributed by atoms with E-state index >= 15 is 0 Å². The van der Waals surface area contributed by atoms with E-state index in [-0.39, 0.29) is 0 Å². The molecule has 0 spiro atoms. The maximum Gasteiger partial charge on any atom is 0.0991 e. The lowest BCUT2D eigenvalue weighted by Gasteiger charge is -2.14. The topological polar surface area (TPSA) is 39.1 Å². The molecule has 1 heterocycles. The summed E-state index contributed by atoms with van der Waals surface area (Å²) in [5.74, 6) is 0. The predicted octanol–water partition coefficient (Wildman–Crippen LogP) is 3.44. The summed E-state index contributed by atoms with van der Waals surface area (Å²) in [6, 6.07) is 18.8. The summed E-state index contributed by atoms with van der Waals surface area (Å²) in [6.07, 6.45) is 2.68. The van der Waals surface area contributed by atoms with Crippen LogP contribution in [0.5, 0.6) is 0 Å². The molecular weight excluding hydrogens is 282 g/mol. The van der Waals surface area contributed by atoms with Gasteiger partial charge in [-0.15, -0.1) is 0 Å². The molecule has 0 aliphatic carbocycles. The van der Waals surface area contributed by atoms with Crippen molar-refractivity contribution < 1.29 is 0 Å². The minimum atomic E-state index is 0.718. The normalized spacial score (nSPS) is 14.7. The molecule has 23 heavy (non-hydrogen) atoms. The lowest BCUT2D eigenvalue weighted by atomic mass is 10.1. The standard InChI is InChI=1S/C20H23N3/c21-13-19-4-3-5-20(12-19)15-22-14-17-6-8-18(9-7-17)16-23-10-1-2-11-23/h3-9,12,22H,1-2,10-11,14-16H2. The van der Waals surface area contributed by atoms with Gasteiger partial charge in [-0.1, -0.05) is 36.4 Å². The average Bonchev–Trinajstić information content (AvgIpc) is 3.10. The summed E-state index contributed by atoms with van der Waals surface area (Å²) in [6.45, 7) is 5.19. The molecule has 1 N–H and O–H groups in total. The van der Waals surface area contributed by atoms with Crippen molar-refractivity contribution in [2.24, 2.45) is 0 Å². The molecule has 1 aliphatic heterocycles. The number of benzene rings is 2. The highest BCUT2D eigenvalue weighted by Gasteiger charge is 2.11. The number of hydrogen-bond donors (Lipinski definition) is 1. The Balaban J connectivity index is 1.47. The second-order valence-electron chi connectivity index (χ2n) is 6.22. The first kappa shape index (κ1) is 15.7. The van der Waals surface area contributed by atoms with Crippen LogP contribution in [0.1, 0.15) is 35.1 Å². The van der Waals surface area contributed by atoms with Crippen LogP contribution in [0.3, 0.4) is 0 Å². The van der Waals surface area contributed by atoms with Gasteiger partial charge in [0.05, 0.1) is 11.6 Å². The van der Waals surface area contributed by atoms with E-state index in [1.807, 2.05) is 24.3 Å². The van der Waals surface area contributed by atoms with E-state index in [1.54, 1.807) is 0 Å². The highest BCUT2D eigenvalue weighted by molar-refractivity contribution is 5.32. The summed E-state index contributed by atoms with van der Waals surface area (Å²) >= 11 is 0. The summed E-state index contributed by atoms with van der Waals surface area (Å²) in [7, 11) is 0. The van der Waals surface area contributed by atoms with Gasteiger partial charge in [-0.05, 0) is 54.8 Å². The monoisotopic (exact) mass is 305 g/mol. The van der Waals surface area contributed by atoms with Crippen molar-refractivity contribution in [1.82, 2.24) is 10.2 Å². The number of nitrogens with one attached hydrogen (secondary N) is 1. The fourth-order valence-electron chi connectivity index (χ4n) is 3.06. The third-order valence-electron chi connectivity index (χ3n) is 4.34. The van der Waals surface area contributed by atoms with E-state index in [9.17, 15) is 0 Å². The number of nitrogens with zero attached hydrogens (tertiary/aromatic N) is 2. The quantitative estimate of drug-likeness (QED) is 0.888. The van der Waals surface area contributed by atoms with Crippen LogP contribution in [0.2, 0.25) is 0 Å². The lowest BCUT2D eigenvalue weighted by molar-refractivity contribution is 0.331. The molecule has 0 bridgehead atoms. The van der Waals surface area contributed by atoms with Crippen LogP contribution in [0.25, 0.3) is 0 Å². The van der Waals surface area contributed by atoms with Crippen molar-refractivity contribution in [1.29, 1.82) is 5.26 Å². The SMILES string of the molecule is N#Cc1cccc(CNCc2ccc(CN3CCCC3)cc2)c1. The van der Waals surface area contributed by atoms with Crippen LogP contribution in [0, 0.1) is 11.3 Å². The number of rotatable bonds is 6. The van der Waals surface area contributed by atoms with Gasteiger partial charge < -0.3 is 5.32 Å². The molecule has 3 heteroatoms. The van der Waals surface area contributed by atoms with Crippen LogP contribution < -0.4 is 5.32 Å². The van der Waals surface area contributed by atoms with Gasteiger partial charge in [-0.2, -0.15) is 5.26 Å². The molecule has 1 fully saturated rings. The van der Waals surface area contributed by atoms with E-state index in [4.69, 9.17) is 5.26 Å². The molecule has 3 rings (SSSR count). The number of nitriles is 1.